The normalized spacial score (nSPS) is 34.4. The van der Waals surface area contributed by atoms with E-state index in [9.17, 15) is 31.6 Å². The minimum atomic E-state index is -5.96. The van der Waals surface area contributed by atoms with Gasteiger partial charge in [-0.25, -0.2) is 9.59 Å². The average molecular weight is 509 g/mol. The highest BCUT2D eigenvalue weighted by Crippen LogP contribution is 2.61. The largest absolute Gasteiger partial charge is 0.465 e. The lowest BCUT2D eigenvalue weighted by Crippen LogP contribution is -2.58. The van der Waals surface area contributed by atoms with Crippen LogP contribution < -0.4 is 0 Å². The molecule has 5 aliphatic carbocycles. The van der Waals surface area contributed by atoms with Gasteiger partial charge >= 0.3 is 33.3 Å². The summed E-state index contributed by atoms with van der Waals surface area (Å²) in [5, 5.41) is -5.06. The van der Waals surface area contributed by atoms with Gasteiger partial charge in [0, 0.05) is 0 Å². The van der Waals surface area contributed by atoms with Crippen molar-refractivity contribution in [2.75, 3.05) is 6.61 Å². The van der Waals surface area contributed by atoms with Crippen LogP contribution in [0.3, 0.4) is 0 Å². The first-order valence-electron chi connectivity index (χ1n) is 11.7. The number of ether oxygens (including phenoxy) is 3. The van der Waals surface area contributed by atoms with Gasteiger partial charge in [-0.1, -0.05) is 6.42 Å². The molecule has 4 bridgehead atoms. The van der Waals surface area contributed by atoms with Crippen molar-refractivity contribution < 1.29 is 50.3 Å². The topological polar surface area (TPSA) is 133 Å². The van der Waals surface area contributed by atoms with Crippen LogP contribution >= 0.6 is 0 Å². The summed E-state index contributed by atoms with van der Waals surface area (Å²) in [6.45, 7) is 1.37. The van der Waals surface area contributed by atoms with Gasteiger partial charge < -0.3 is 14.2 Å². The maximum atomic E-state index is 13.7. The van der Waals surface area contributed by atoms with E-state index in [0.717, 1.165) is 32.1 Å². The first-order chi connectivity index (χ1) is 15.7. The van der Waals surface area contributed by atoms with E-state index in [1.165, 1.54) is 0 Å². The highest BCUT2D eigenvalue weighted by molar-refractivity contribution is 7.87. The van der Waals surface area contributed by atoms with Gasteiger partial charge in [-0.3, -0.25) is 9.35 Å². The molecule has 2 unspecified atom stereocenters. The number of esters is 3. The van der Waals surface area contributed by atoms with E-state index in [1.807, 2.05) is 6.92 Å². The summed E-state index contributed by atoms with van der Waals surface area (Å²) in [6.07, 6.45) is 5.65. The van der Waals surface area contributed by atoms with Crippen molar-refractivity contribution in [2.24, 2.45) is 23.2 Å². The zero-order valence-electron chi connectivity index (χ0n) is 19.0. The van der Waals surface area contributed by atoms with E-state index < -0.39 is 68.8 Å². The van der Waals surface area contributed by atoms with Gasteiger partial charge in [-0.05, 0) is 82.5 Å². The molecule has 5 rings (SSSR count). The minimum Gasteiger partial charge on any atom is -0.457 e. The molecule has 1 N–H and O–H groups in total. The van der Waals surface area contributed by atoms with Crippen LogP contribution in [0.4, 0.5) is 8.78 Å². The Hall–Kier alpha value is -1.82. The zero-order valence-corrected chi connectivity index (χ0v) is 19.8. The van der Waals surface area contributed by atoms with E-state index >= 15 is 0 Å². The Kier molecular flexibility index (Phi) is 6.46. The molecule has 5 saturated carbocycles. The molecule has 2 atom stereocenters. The van der Waals surface area contributed by atoms with Crippen LogP contribution in [0.15, 0.2) is 0 Å². The summed E-state index contributed by atoms with van der Waals surface area (Å²) in [5.41, 5.74) is -1.45. The molecule has 5 fully saturated rings. The Morgan fingerprint density at radius 3 is 2.18 bits per heavy atom. The molecule has 0 heterocycles. The van der Waals surface area contributed by atoms with Crippen LogP contribution in [-0.4, -0.2) is 54.4 Å². The molecule has 12 heteroatoms. The van der Waals surface area contributed by atoms with Crippen molar-refractivity contribution in [3.8, 4) is 0 Å². The molecule has 0 aromatic heterocycles. The predicted molar refractivity (Wildman–Crippen MR) is 111 cm³/mol. The molecule has 0 radical (unpaired) electrons. The number of hydrogen-bond acceptors (Lipinski definition) is 8. The molecular weight excluding hydrogens is 478 g/mol. The van der Waals surface area contributed by atoms with Crippen LogP contribution in [0.25, 0.3) is 0 Å². The second-order valence-corrected chi connectivity index (χ2v) is 12.1. The van der Waals surface area contributed by atoms with Crippen LogP contribution in [0.1, 0.15) is 71.1 Å². The fourth-order valence-corrected chi connectivity index (χ4v) is 6.96. The Balaban J connectivity index is 1.37. The number of alkyl halides is 2. The van der Waals surface area contributed by atoms with Crippen LogP contribution in [-0.2, 0) is 38.7 Å². The van der Waals surface area contributed by atoms with Gasteiger partial charge in [-0.15, -0.1) is 0 Å². The van der Waals surface area contributed by atoms with Crippen molar-refractivity contribution >= 4 is 28.0 Å². The molecule has 9 nitrogen and oxygen atoms in total. The molecule has 0 saturated heterocycles. The fraction of sp³-hybridized carbons (Fsp3) is 0.864. The number of carbonyl (C=O) groups excluding carboxylic acids is 3. The number of carbonyl (C=O) groups is 3. The van der Waals surface area contributed by atoms with Crippen molar-refractivity contribution in [3.05, 3.63) is 0 Å². The van der Waals surface area contributed by atoms with Crippen LogP contribution in [0.5, 0.6) is 0 Å². The van der Waals surface area contributed by atoms with Gasteiger partial charge in [-0.2, -0.15) is 17.2 Å². The first-order valence-corrected chi connectivity index (χ1v) is 13.1. The maximum Gasteiger partial charge on any atom is 0.465 e. The number of hydrogen-bond donors (Lipinski definition) is 1. The molecule has 0 spiro atoms. The second-order valence-electron chi connectivity index (χ2n) is 10.7. The summed E-state index contributed by atoms with van der Waals surface area (Å²) >= 11 is 0. The van der Waals surface area contributed by atoms with Crippen molar-refractivity contribution in [1.29, 1.82) is 0 Å². The SMILES string of the molecule is CC1(OC(=O)COC(=O)C23CC4CC(C2)C(OC(=O)C(F)(F)S(=O)(=O)O)C(C4)C3)CCCCC1. The molecule has 0 aromatic carbocycles. The standard InChI is InChI=1S/C22H30F2O9S/c1-20(5-3-2-4-6-20)33-16(25)12-31-18(26)21-9-13-7-14(10-21)17(15(8-13)11-21)32-19(27)22(23,24)34(28,29)30/h13-15,17H,2-12H2,1H3,(H,28,29,30). The summed E-state index contributed by atoms with van der Waals surface area (Å²) in [4.78, 5) is 37.2. The van der Waals surface area contributed by atoms with E-state index in [4.69, 9.17) is 18.8 Å². The molecule has 0 amide bonds. The third-order valence-electron chi connectivity index (χ3n) is 8.02. The molecule has 5 aliphatic rings. The van der Waals surface area contributed by atoms with Crippen molar-refractivity contribution in [3.63, 3.8) is 0 Å². The monoisotopic (exact) mass is 508 g/mol. The van der Waals surface area contributed by atoms with Crippen LogP contribution in [0.2, 0.25) is 0 Å². The Morgan fingerprint density at radius 1 is 1.03 bits per heavy atom. The average Bonchev–Trinajstić information content (AvgIpc) is 2.73. The fourth-order valence-electron chi connectivity index (χ4n) is 6.70. The third kappa shape index (κ3) is 4.67. The highest BCUT2D eigenvalue weighted by Gasteiger charge is 2.62. The summed E-state index contributed by atoms with van der Waals surface area (Å²) in [5.74, 6) is -4.22. The highest BCUT2D eigenvalue weighted by atomic mass is 32.2. The van der Waals surface area contributed by atoms with Crippen LogP contribution in [0, 0.1) is 23.2 Å². The summed E-state index contributed by atoms with van der Waals surface area (Å²) in [6, 6.07) is 0. The maximum absolute atomic E-state index is 13.7. The van der Waals surface area contributed by atoms with Gasteiger partial charge in [0.25, 0.3) is 0 Å². The molecular formula is C22H30F2O9S. The number of halogens is 2. The number of rotatable bonds is 7. The van der Waals surface area contributed by atoms with Gasteiger partial charge in [0.2, 0.25) is 0 Å². The molecule has 34 heavy (non-hydrogen) atoms. The quantitative estimate of drug-likeness (QED) is 0.313. The molecule has 0 aromatic rings. The zero-order chi connectivity index (χ0) is 24.9. The lowest BCUT2D eigenvalue weighted by Gasteiger charge is -2.57. The second kappa shape index (κ2) is 8.69. The van der Waals surface area contributed by atoms with Crippen molar-refractivity contribution in [2.45, 2.75) is 88.1 Å². The Morgan fingerprint density at radius 2 is 1.62 bits per heavy atom. The lowest BCUT2D eigenvalue weighted by molar-refractivity contribution is -0.205. The van der Waals surface area contributed by atoms with E-state index in [-0.39, 0.29) is 18.8 Å². The van der Waals surface area contributed by atoms with Crippen molar-refractivity contribution in [1.82, 2.24) is 0 Å². The Bertz CT molecular complexity index is 941. The van der Waals surface area contributed by atoms with E-state index in [1.54, 1.807) is 0 Å². The summed E-state index contributed by atoms with van der Waals surface area (Å²) < 4.78 is 73.5. The van der Waals surface area contributed by atoms with E-state index in [0.29, 0.717) is 19.3 Å². The van der Waals surface area contributed by atoms with Gasteiger partial charge in [0.15, 0.2) is 6.61 Å². The summed E-state index contributed by atoms with van der Waals surface area (Å²) in [7, 11) is -5.96. The third-order valence-corrected chi connectivity index (χ3v) is 8.83. The first kappa shape index (κ1) is 25.3. The minimum absolute atomic E-state index is 0.107. The smallest absolute Gasteiger partial charge is 0.457 e. The predicted octanol–water partition coefficient (Wildman–Crippen LogP) is 3.01. The Labute approximate surface area is 196 Å². The molecule has 192 valence electrons. The van der Waals surface area contributed by atoms with Gasteiger partial charge in [0.1, 0.15) is 11.7 Å². The van der Waals surface area contributed by atoms with Gasteiger partial charge in [0.05, 0.1) is 5.41 Å². The lowest BCUT2D eigenvalue weighted by atomic mass is 9.48. The molecule has 0 aliphatic heterocycles. The van der Waals surface area contributed by atoms with E-state index in [2.05, 4.69) is 0 Å².